The molecular weight excluding hydrogens is 603 g/mol. The first kappa shape index (κ1) is 30.4. The van der Waals surface area contributed by atoms with Gasteiger partial charge in [0.2, 0.25) is 10.0 Å². The number of benzene rings is 2. The van der Waals surface area contributed by atoms with E-state index in [9.17, 15) is 18.4 Å². The molecule has 1 aliphatic heterocycles. The highest BCUT2D eigenvalue weighted by atomic mass is 35.5. The summed E-state index contributed by atoms with van der Waals surface area (Å²) in [6, 6.07) is 12.3. The predicted molar refractivity (Wildman–Crippen MR) is 157 cm³/mol. The lowest BCUT2D eigenvalue weighted by molar-refractivity contribution is -0.605. The molecule has 1 aromatic heterocycles. The monoisotopic (exact) mass is 634 g/mol. The van der Waals surface area contributed by atoms with Crippen LogP contribution in [0.4, 0.5) is 0 Å². The molecule has 2 aliphatic rings. The highest BCUT2D eigenvalue weighted by Crippen LogP contribution is 2.38. The van der Waals surface area contributed by atoms with E-state index in [1.165, 1.54) is 28.8 Å². The average molecular weight is 636 g/mol. The summed E-state index contributed by atoms with van der Waals surface area (Å²) < 4.78 is 46.4. The van der Waals surface area contributed by atoms with Gasteiger partial charge in [-0.1, -0.05) is 47.5 Å². The first-order valence-electron chi connectivity index (χ1n) is 13.9. The third-order valence-corrected chi connectivity index (χ3v) is 10.3. The van der Waals surface area contributed by atoms with E-state index >= 15 is 0 Å². The number of methoxy groups -OCH3 is 1. The van der Waals surface area contributed by atoms with Gasteiger partial charge in [0.1, 0.15) is 22.2 Å². The molecule has 0 bridgehead atoms. The Morgan fingerprint density at radius 1 is 1.02 bits per heavy atom. The second-order valence-electron chi connectivity index (χ2n) is 10.4. The van der Waals surface area contributed by atoms with Gasteiger partial charge in [-0.3, -0.25) is 4.79 Å². The second-order valence-corrected chi connectivity index (χ2v) is 13.1. The van der Waals surface area contributed by atoms with Crippen molar-refractivity contribution in [3.8, 4) is 11.5 Å². The lowest BCUT2D eigenvalue weighted by atomic mass is 10.0. The van der Waals surface area contributed by atoms with Crippen molar-refractivity contribution in [2.45, 2.75) is 68.1 Å². The zero-order chi connectivity index (χ0) is 29.9. The van der Waals surface area contributed by atoms with Crippen molar-refractivity contribution in [1.82, 2.24) is 4.31 Å². The van der Waals surface area contributed by atoms with Crippen LogP contribution in [0.1, 0.15) is 55.8 Å². The van der Waals surface area contributed by atoms with E-state index in [4.69, 9.17) is 37.4 Å². The van der Waals surface area contributed by atoms with Gasteiger partial charge >= 0.3 is 5.97 Å². The summed E-state index contributed by atoms with van der Waals surface area (Å²) in [5, 5.41) is 12.1. The molecule has 2 fully saturated rings. The molecule has 9 nitrogen and oxygen atoms in total. The van der Waals surface area contributed by atoms with Gasteiger partial charge in [-0.25, -0.2) is 8.42 Å². The van der Waals surface area contributed by atoms with Gasteiger partial charge in [0.15, 0.2) is 23.9 Å². The Bertz CT molecular complexity index is 1510. The molecular formula is C30H32Cl2N2O7S. The first-order valence-corrected chi connectivity index (χ1v) is 16.1. The van der Waals surface area contributed by atoms with Gasteiger partial charge < -0.3 is 19.4 Å². The molecule has 1 saturated heterocycles. The summed E-state index contributed by atoms with van der Waals surface area (Å²) in [5.74, 6) is 0.364. The molecule has 0 N–H and O–H groups in total. The van der Waals surface area contributed by atoms with Gasteiger partial charge in [0, 0.05) is 18.5 Å². The quantitative estimate of drug-likeness (QED) is 0.161. The number of hydrogen-bond donors (Lipinski definition) is 0. The molecule has 2 aromatic carbocycles. The highest BCUT2D eigenvalue weighted by molar-refractivity contribution is 7.89. The van der Waals surface area contributed by atoms with Crippen molar-refractivity contribution in [1.29, 1.82) is 0 Å². The fourth-order valence-electron chi connectivity index (χ4n) is 5.52. The zero-order valence-electron chi connectivity index (χ0n) is 23.1. The SMILES string of the molecule is COc1ccc([C@H](Cc2c(Cl)c[n+]([O-])cc2Cl)OC(=O)[C@@H]2CCCN2S(=O)(=O)c2ccccc2)cc1OC1CCCC1. The Morgan fingerprint density at radius 2 is 1.71 bits per heavy atom. The maximum Gasteiger partial charge on any atom is 0.325 e. The Labute approximate surface area is 255 Å². The largest absolute Gasteiger partial charge is 0.619 e. The first-order chi connectivity index (χ1) is 20.2. The summed E-state index contributed by atoms with van der Waals surface area (Å²) >= 11 is 12.8. The number of sulfonamides is 1. The Kier molecular flexibility index (Phi) is 9.47. The molecule has 5 rings (SSSR count). The summed E-state index contributed by atoms with van der Waals surface area (Å²) in [4.78, 5) is 13.8. The van der Waals surface area contributed by atoms with Crippen molar-refractivity contribution in [3.05, 3.63) is 87.3 Å². The molecule has 0 amide bonds. The summed E-state index contributed by atoms with van der Waals surface area (Å²) in [7, 11) is -2.37. The predicted octanol–water partition coefficient (Wildman–Crippen LogP) is 5.64. The third kappa shape index (κ3) is 6.62. The van der Waals surface area contributed by atoms with Gasteiger partial charge in [-0.2, -0.15) is 9.04 Å². The molecule has 1 saturated carbocycles. The van der Waals surface area contributed by atoms with E-state index in [1.807, 2.05) is 0 Å². The van der Waals surface area contributed by atoms with Crippen molar-refractivity contribution >= 4 is 39.2 Å². The minimum atomic E-state index is -3.92. The number of carbonyl (C=O) groups excluding carboxylic acids is 1. The van der Waals surface area contributed by atoms with Crippen LogP contribution in [0.3, 0.4) is 0 Å². The maximum absolute atomic E-state index is 13.7. The molecule has 3 aromatic rings. The van der Waals surface area contributed by atoms with Gasteiger partial charge in [-0.15, -0.1) is 0 Å². The zero-order valence-corrected chi connectivity index (χ0v) is 25.4. The topological polar surface area (TPSA) is 109 Å². The van der Waals surface area contributed by atoms with Crippen molar-refractivity contribution < 1.29 is 32.2 Å². The van der Waals surface area contributed by atoms with E-state index in [2.05, 4.69) is 0 Å². The molecule has 0 spiro atoms. The van der Waals surface area contributed by atoms with Crippen LogP contribution in [-0.2, 0) is 26.0 Å². The molecule has 1 aliphatic carbocycles. The molecule has 2 heterocycles. The average Bonchev–Trinajstić information content (AvgIpc) is 3.68. The normalized spacial score (nSPS) is 18.6. The number of hydrogen-bond acceptors (Lipinski definition) is 7. The molecule has 42 heavy (non-hydrogen) atoms. The van der Waals surface area contributed by atoms with E-state index in [1.54, 1.807) is 43.5 Å². The van der Waals surface area contributed by atoms with Crippen molar-refractivity contribution in [2.75, 3.05) is 13.7 Å². The maximum atomic E-state index is 13.7. The van der Waals surface area contributed by atoms with Crippen LogP contribution in [-0.4, -0.2) is 44.5 Å². The number of halogens is 2. The fourth-order valence-corrected chi connectivity index (χ4v) is 7.79. The molecule has 2 atom stereocenters. The van der Waals surface area contributed by atoms with Crippen LogP contribution in [0.25, 0.3) is 0 Å². The third-order valence-electron chi connectivity index (χ3n) is 7.69. The van der Waals surface area contributed by atoms with E-state index < -0.39 is 28.1 Å². The standard InChI is InChI=1S/C30H32Cl2N2O7S/c1-39-27-14-13-20(16-29(27)40-21-8-5-6-9-21)28(17-23-24(31)18-33(36)19-25(23)32)41-30(35)26-12-7-15-34(26)42(37,38)22-10-3-2-4-11-22/h2-4,10-11,13-14,16,18-19,21,26,28H,5-9,12,15,17H2,1H3/t26-,28-/m0/s1. The number of carbonyl (C=O) groups is 1. The van der Waals surface area contributed by atoms with Crippen LogP contribution in [0.5, 0.6) is 11.5 Å². The van der Waals surface area contributed by atoms with Crippen LogP contribution in [0, 0.1) is 5.21 Å². The number of rotatable bonds is 10. The lowest BCUT2D eigenvalue weighted by Gasteiger charge is -2.26. The number of pyridine rings is 1. The molecule has 224 valence electrons. The Hall–Kier alpha value is -3.05. The van der Waals surface area contributed by atoms with Gasteiger partial charge in [-0.05, 0) is 68.4 Å². The molecule has 0 unspecified atom stereocenters. The number of ether oxygens (including phenoxy) is 3. The van der Waals surface area contributed by atoms with Gasteiger partial charge in [0.05, 0.1) is 18.1 Å². The van der Waals surface area contributed by atoms with Crippen LogP contribution < -0.4 is 14.2 Å². The van der Waals surface area contributed by atoms with Crippen LogP contribution in [0.2, 0.25) is 10.0 Å². The summed E-state index contributed by atoms with van der Waals surface area (Å²) in [6.45, 7) is 0.198. The van der Waals surface area contributed by atoms with E-state index in [0.717, 1.165) is 25.7 Å². The number of aromatic nitrogens is 1. The smallest absolute Gasteiger partial charge is 0.325 e. The van der Waals surface area contributed by atoms with Gasteiger partial charge in [0.25, 0.3) is 0 Å². The Balaban J connectivity index is 1.47. The van der Waals surface area contributed by atoms with Crippen molar-refractivity contribution in [2.24, 2.45) is 0 Å². The Morgan fingerprint density at radius 3 is 2.38 bits per heavy atom. The van der Waals surface area contributed by atoms with E-state index in [0.29, 0.717) is 40.2 Å². The lowest BCUT2D eigenvalue weighted by Crippen LogP contribution is -2.41. The number of nitrogens with zero attached hydrogens (tertiary/aromatic N) is 2. The number of esters is 1. The summed E-state index contributed by atoms with van der Waals surface area (Å²) in [5.41, 5.74) is 0.996. The second kappa shape index (κ2) is 13.1. The van der Waals surface area contributed by atoms with Crippen LogP contribution >= 0.6 is 23.2 Å². The van der Waals surface area contributed by atoms with Crippen molar-refractivity contribution in [3.63, 3.8) is 0 Å². The minimum Gasteiger partial charge on any atom is -0.619 e. The van der Waals surface area contributed by atoms with Crippen LogP contribution in [0.15, 0.2) is 65.8 Å². The molecule has 0 radical (unpaired) electrons. The summed E-state index contributed by atoms with van der Waals surface area (Å²) in [6.07, 6.45) is 6.39. The van der Waals surface area contributed by atoms with E-state index in [-0.39, 0.29) is 34.0 Å². The minimum absolute atomic E-state index is 0.0393. The fraction of sp³-hybridized carbons (Fsp3) is 0.400. The molecule has 12 heteroatoms. The highest BCUT2D eigenvalue weighted by Gasteiger charge is 2.41.